The Balaban J connectivity index is 2.17. The highest BCUT2D eigenvalue weighted by atomic mass is 15.2. The molecule has 100 valence electrons. The summed E-state index contributed by atoms with van der Waals surface area (Å²) >= 11 is 0. The molecule has 0 radical (unpaired) electrons. The molecule has 1 aliphatic rings. The van der Waals surface area contributed by atoms with Gasteiger partial charge in [-0.2, -0.15) is 0 Å². The van der Waals surface area contributed by atoms with Crippen molar-refractivity contribution in [1.82, 2.24) is 4.98 Å². The second-order valence-corrected chi connectivity index (χ2v) is 5.45. The first-order chi connectivity index (χ1) is 8.72. The maximum Gasteiger partial charge on any atom is 0.129 e. The van der Waals surface area contributed by atoms with Gasteiger partial charge in [-0.1, -0.05) is 20.3 Å². The van der Waals surface area contributed by atoms with Crippen molar-refractivity contribution in [3.8, 4) is 0 Å². The zero-order chi connectivity index (χ0) is 13.0. The van der Waals surface area contributed by atoms with Crippen LogP contribution in [0.3, 0.4) is 0 Å². The van der Waals surface area contributed by atoms with Crippen LogP contribution < -0.4 is 10.6 Å². The Morgan fingerprint density at radius 2 is 2.06 bits per heavy atom. The fraction of sp³-hybridized carbons (Fsp3) is 0.667. The topological polar surface area (TPSA) is 42.1 Å². The molecule has 0 saturated carbocycles. The van der Waals surface area contributed by atoms with Gasteiger partial charge in [0.2, 0.25) is 0 Å². The lowest BCUT2D eigenvalue weighted by molar-refractivity contribution is 0.436. The summed E-state index contributed by atoms with van der Waals surface area (Å²) in [7, 11) is 0. The van der Waals surface area contributed by atoms with E-state index in [1.165, 1.54) is 24.1 Å². The van der Waals surface area contributed by atoms with Crippen LogP contribution in [0.4, 0.5) is 5.82 Å². The molecule has 0 atom stereocenters. The fourth-order valence-electron chi connectivity index (χ4n) is 2.53. The normalized spacial score (nSPS) is 17.2. The van der Waals surface area contributed by atoms with E-state index in [1.807, 2.05) is 0 Å². The molecule has 3 nitrogen and oxygen atoms in total. The van der Waals surface area contributed by atoms with Crippen LogP contribution in [0.15, 0.2) is 12.1 Å². The van der Waals surface area contributed by atoms with Gasteiger partial charge >= 0.3 is 0 Å². The maximum absolute atomic E-state index is 5.79. The van der Waals surface area contributed by atoms with Crippen LogP contribution >= 0.6 is 0 Å². The van der Waals surface area contributed by atoms with Crippen LogP contribution in [-0.2, 0) is 13.0 Å². The minimum absolute atomic E-state index is 0.608. The average molecular weight is 247 g/mol. The van der Waals surface area contributed by atoms with E-state index in [0.29, 0.717) is 6.54 Å². The second kappa shape index (κ2) is 6.19. The predicted octanol–water partition coefficient (Wildman–Crippen LogP) is 2.73. The summed E-state index contributed by atoms with van der Waals surface area (Å²) in [6.07, 6.45) is 4.73. The number of nitrogens with two attached hydrogens (primary N) is 1. The predicted molar refractivity (Wildman–Crippen MR) is 76.7 cm³/mol. The van der Waals surface area contributed by atoms with Crippen molar-refractivity contribution in [1.29, 1.82) is 0 Å². The lowest BCUT2D eigenvalue weighted by atomic mass is 9.99. The lowest BCUT2D eigenvalue weighted by Crippen LogP contribution is -2.33. The van der Waals surface area contributed by atoms with Crippen LogP contribution in [0.2, 0.25) is 0 Å². The van der Waals surface area contributed by atoms with Crippen LogP contribution in [0.25, 0.3) is 0 Å². The third kappa shape index (κ3) is 3.22. The van der Waals surface area contributed by atoms with E-state index < -0.39 is 0 Å². The number of anilines is 1. The third-order valence-electron chi connectivity index (χ3n) is 3.77. The van der Waals surface area contributed by atoms with Gasteiger partial charge in [0.25, 0.3) is 0 Å². The Hall–Kier alpha value is -1.09. The Kier molecular flexibility index (Phi) is 4.59. The molecule has 0 spiro atoms. The first kappa shape index (κ1) is 13.3. The molecule has 0 bridgehead atoms. The third-order valence-corrected chi connectivity index (χ3v) is 3.77. The van der Waals surface area contributed by atoms with Crippen molar-refractivity contribution in [2.24, 2.45) is 11.7 Å². The molecule has 2 N–H and O–H groups in total. The van der Waals surface area contributed by atoms with Crippen molar-refractivity contribution in [2.45, 2.75) is 46.1 Å². The summed E-state index contributed by atoms with van der Waals surface area (Å²) in [5, 5.41) is 0. The molecule has 0 aromatic carbocycles. The zero-order valence-corrected chi connectivity index (χ0v) is 11.7. The van der Waals surface area contributed by atoms with Gasteiger partial charge in [0, 0.05) is 25.3 Å². The molecule has 0 unspecified atom stereocenters. The number of hydrogen-bond acceptors (Lipinski definition) is 3. The van der Waals surface area contributed by atoms with Gasteiger partial charge in [0.05, 0.1) is 0 Å². The first-order valence-electron chi connectivity index (χ1n) is 7.17. The van der Waals surface area contributed by atoms with Crippen LogP contribution in [0, 0.1) is 5.92 Å². The molecule has 1 aromatic rings. The van der Waals surface area contributed by atoms with Crippen molar-refractivity contribution in [3.63, 3.8) is 0 Å². The quantitative estimate of drug-likeness (QED) is 0.889. The highest BCUT2D eigenvalue weighted by molar-refractivity contribution is 5.43. The molecule has 3 heteroatoms. The number of pyridine rings is 1. The van der Waals surface area contributed by atoms with E-state index >= 15 is 0 Å². The van der Waals surface area contributed by atoms with Crippen LogP contribution in [0.1, 0.15) is 44.4 Å². The highest BCUT2D eigenvalue weighted by Gasteiger charge is 2.17. The van der Waals surface area contributed by atoms with Crippen molar-refractivity contribution < 1.29 is 0 Å². The van der Waals surface area contributed by atoms with E-state index in [1.54, 1.807) is 0 Å². The number of piperidine rings is 1. The average Bonchev–Trinajstić information content (AvgIpc) is 2.39. The largest absolute Gasteiger partial charge is 0.357 e. The van der Waals surface area contributed by atoms with E-state index in [0.717, 1.165) is 37.7 Å². The molecule has 1 aromatic heterocycles. The van der Waals surface area contributed by atoms with E-state index in [2.05, 4.69) is 30.9 Å². The molecule has 0 amide bonds. The monoisotopic (exact) mass is 247 g/mol. The minimum atomic E-state index is 0.608. The molecule has 1 fully saturated rings. The lowest BCUT2D eigenvalue weighted by Gasteiger charge is -2.31. The molecule has 0 aliphatic carbocycles. The van der Waals surface area contributed by atoms with Gasteiger partial charge in [-0.15, -0.1) is 0 Å². The number of rotatable bonds is 4. The summed E-state index contributed by atoms with van der Waals surface area (Å²) in [5.74, 6) is 1.99. The smallest absolute Gasteiger partial charge is 0.129 e. The molecule has 1 aliphatic heterocycles. The first-order valence-corrected chi connectivity index (χ1v) is 7.17. The molecular weight excluding hydrogens is 222 g/mol. The Labute approximate surface area is 110 Å². The van der Waals surface area contributed by atoms with Gasteiger partial charge in [0.15, 0.2) is 0 Å². The van der Waals surface area contributed by atoms with Gasteiger partial charge in [-0.3, -0.25) is 0 Å². The fourth-order valence-corrected chi connectivity index (χ4v) is 2.53. The molecule has 2 heterocycles. The van der Waals surface area contributed by atoms with Gasteiger partial charge < -0.3 is 10.6 Å². The highest BCUT2D eigenvalue weighted by Crippen LogP contribution is 2.23. The van der Waals surface area contributed by atoms with Gasteiger partial charge in [-0.05, 0) is 42.9 Å². The number of nitrogens with zero attached hydrogens (tertiary/aromatic N) is 2. The Bertz CT molecular complexity index is 381. The van der Waals surface area contributed by atoms with E-state index in [-0.39, 0.29) is 0 Å². The van der Waals surface area contributed by atoms with Gasteiger partial charge in [0.1, 0.15) is 5.82 Å². The molecule has 2 rings (SSSR count). The van der Waals surface area contributed by atoms with Gasteiger partial charge in [-0.25, -0.2) is 4.98 Å². The maximum atomic E-state index is 5.79. The summed E-state index contributed by atoms with van der Waals surface area (Å²) in [5.41, 5.74) is 8.19. The number of hydrogen-bond donors (Lipinski definition) is 1. The van der Waals surface area contributed by atoms with E-state index in [4.69, 9.17) is 10.7 Å². The molecular formula is C15H25N3. The van der Waals surface area contributed by atoms with E-state index in [9.17, 15) is 0 Å². The summed E-state index contributed by atoms with van der Waals surface area (Å²) in [6, 6.07) is 4.31. The second-order valence-electron chi connectivity index (χ2n) is 5.45. The molecule has 18 heavy (non-hydrogen) atoms. The minimum Gasteiger partial charge on any atom is -0.357 e. The van der Waals surface area contributed by atoms with Crippen LogP contribution in [-0.4, -0.2) is 18.1 Å². The molecule has 1 saturated heterocycles. The SMILES string of the molecule is CCCc1cc(CN)cc(N2CCC(C)CC2)n1. The zero-order valence-electron chi connectivity index (χ0n) is 11.7. The number of aromatic nitrogens is 1. The summed E-state index contributed by atoms with van der Waals surface area (Å²) in [6.45, 7) is 7.40. The van der Waals surface area contributed by atoms with Crippen molar-refractivity contribution >= 4 is 5.82 Å². The number of aryl methyl sites for hydroxylation is 1. The summed E-state index contributed by atoms with van der Waals surface area (Å²) < 4.78 is 0. The Morgan fingerprint density at radius 1 is 1.33 bits per heavy atom. The Morgan fingerprint density at radius 3 is 2.67 bits per heavy atom. The van der Waals surface area contributed by atoms with Crippen molar-refractivity contribution in [3.05, 3.63) is 23.4 Å². The standard InChI is InChI=1S/C15H25N3/c1-3-4-14-9-13(11-16)10-15(17-14)18-7-5-12(2)6-8-18/h9-10,12H,3-8,11,16H2,1-2H3. The van der Waals surface area contributed by atoms with Crippen LogP contribution in [0.5, 0.6) is 0 Å². The summed E-state index contributed by atoms with van der Waals surface area (Å²) in [4.78, 5) is 7.21. The van der Waals surface area contributed by atoms with Crippen molar-refractivity contribution in [2.75, 3.05) is 18.0 Å².